The first-order chi connectivity index (χ1) is 10.6. The minimum absolute atomic E-state index is 0.00987. The molecule has 112 valence electrons. The third-order valence-electron chi connectivity index (χ3n) is 3.65. The normalized spacial score (nSPS) is 17.6. The fourth-order valence-corrected chi connectivity index (χ4v) is 2.79. The maximum atomic E-state index is 12.2. The summed E-state index contributed by atoms with van der Waals surface area (Å²) in [5.41, 5.74) is 1.27. The number of hydrogen-bond donors (Lipinski definition) is 1. The van der Waals surface area contributed by atoms with Gasteiger partial charge < -0.3 is 10.2 Å². The lowest BCUT2D eigenvalue weighted by Crippen LogP contribution is -2.37. The Kier molecular flexibility index (Phi) is 4.11. The van der Waals surface area contributed by atoms with E-state index in [4.69, 9.17) is 11.6 Å². The molecular formula is C17H15ClN2O2. The Morgan fingerprint density at radius 2 is 1.77 bits per heavy atom. The highest BCUT2D eigenvalue weighted by Gasteiger charge is 2.31. The average Bonchev–Trinajstić information content (AvgIpc) is 2.89. The van der Waals surface area contributed by atoms with Crippen LogP contribution >= 0.6 is 11.6 Å². The minimum atomic E-state index is -0.252. The van der Waals surface area contributed by atoms with Crippen LogP contribution in [0.1, 0.15) is 16.8 Å². The molecule has 0 aliphatic carbocycles. The molecule has 0 bridgehead atoms. The van der Waals surface area contributed by atoms with Crippen LogP contribution in [0.2, 0.25) is 5.02 Å². The zero-order chi connectivity index (χ0) is 15.5. The molecule has 4 nitrogen and oxygen atoms in total. The van der Waals surface area contributed by atoms with Gasteiger partial charge in [0.15, 0.2) is 0 Å². The van der Waals surface area contributed by atoms with Crippen molar-refractivity contribution in [2.75, 3.05) is 11.4 Å². The van der Waals surface area contributed by atoms with Gasteiger partial charge in [0, 0.05) is 18.7 Å². The number of anilines is 1. The summed E-state index contributed by atoms with van der Waals surface area (Å²) in [5.74, 6) is -0.242. The Balaban J connectivity index is 1.69. The molecule has 5 heteroatoms. The first-order valence-corrected chi connectivity index (χ1v) is 7.44. The lowest BCUT2D eigenvalue weighted by Gasteiger charge is -2.17. The monoisotopic (exact) mass is 314 g/mol. The van der Waals surface area contributed by atoms with E-state index in [0.717, 1.165) is 5.69 Å². The van der Waals surface area contributed by atoms with Crippen molar-refractivity contribution in [1.29, 1.82) is 0 Å². The summed E-state index contributed by atoms with van der Waals surface area (Å²) in [7, 11) is 0. The summed E-state index contributed by atoms with van der Waals surface area (Å²) in [5, 5.41) is 3.29. The maximum Gasteiger partial charge on any atom is 0.253 e. The van der Waals surface area contributed by atoms with Crippen molar-refractivity contribution in [2.45, 2.75) is 12.5 Å². The van der Waals surface area contributed by atoms with Gasteiger partial charge in [-0.1, -0.05) is 41.9 Å². The molecule has 1 aliphatic heterocycles. The molecule has 22 heavy (non-hydrogen) atoms. The summed E-state index contributed by atoms with van der Waals surface area (Å²) in [6, 6.07) is 16.1. The van der Waals surface area contributed by atoms with Gasteiger partial charge in [-0.05, 0) is 24.3 Å². The summed E-state index contributed by atoms with van der Waals surface area (Å²) in [4.78, 5) is 26.1. The number of rotatable bonds is 3. The zero-order valence-corrected chi connectivity index (χ0v) is 12.6. The first-order valence-electron chi connectivity index (χ1n) is 7.06. The van der Waals surface area contributed by atoms with Gasteiger partial charge in [-0.3, -0.25) is 9.59 Å². The third kappa shape index (κ3) is 2.97. The number of carbonyl (C=O) groups is 2. The van der Waals surface area contributed by atoms with Crippen molar-refractivity contribution in [3.8, 4) is 0 Å². The second-order valence-corrected chi connectivity index (χ2v) is 5.60. The number of nitrogens with one attached hydrogen (secondary N) is 1. The molecule has 1 atom stereocenters. The van der Waals surface area contributed by atoms with Crippen LogP contribution in [-0.2, 0) is 4.79 Å². The molecule has 0 aromatic heterocycles. The van der Waals surface area contributed by atoms with Gasteiger partial charge in [-0.15, -0.1) is 0 Å². The molecule has 1 fully saturated rings. The Hall–Kier alpha value is -2.33. The molecule has 2 aromatic rings. The minimum Gasteiger partial charge on any atom is -0.347 e. The molecule has 0 radical (unpaired) electrons. The van der Waals surface area contributed by atoms with E-state index in [9.17, 15) is 9.59 Å². The molecule has 1 N–H and O–H groups in total. The Morgan fingerprint density at radius 3 is 2.50 bits per heavy atom. The Bertz CT molecular complexity index is 703. The number of nitrogens with zero attached hydrogens (tertiary/aromatic N) is 1. The number of halogens is 1. The third-order valence-corrected chi connectivity index (χ3v) is 3.98. The number of hydrogen-bond acceptors (Lipinski definition) is 2. The van der Waals surface area contributed by atoms with Crippen LogP contribution < -0.4 is 10.2 Å². The van der Waals surface area contributed by atoms with Crippen LogP contribution in [-0.4, -0.2) is 24.4 Å². The van der Waals surface area contributed by atoms with Crippen LogP contribution in [0.15, 0.2) is 54.6 Å². The van der Waals surface area contributed by atoms with Gasteiger partial charge in [0.2, 0.25) is 5.91 Å². The van der Waals surface area contributed by atoms with E-state index >= 15 is 0 Å². The first kappa shape index (κ1) is 14.6. The van der Waals surface area contributed by atoms with Gasteiger partial charge in [0.1, 0.15) is 0 Å². The quantitative estimate of drug-likeness (QED) is 0.947. The molecular weight excluding hydrogens is 300 g/mol. The van der Waals surface area contributed by atoms with Crippen LogP contribution in [0.4, 0.5) is 5.69 Å². The number of benzene rings is 2. The number of carbonyl (C=O) groups excluding carboxylic acids is 2. The topological polar surface area (TPSA) is 49.4 Å². The Morgan fingerprint density at radius 1 is 1.09 bits per heavy atom. The van der Waals surface area contributed by atoms with Gasteiger partial charge in [-0.2, -0.15) is 0 Å². The summed E-state index contributed by atoms with van der Waals surface area (Å²) >= 11 is 6.02. The van der Waals surface area contributed by atoms with Crippen molar-refractivity contribution in [2.24, 2.45) is 0 Å². The zero-order valence-electron chi connectivity index (χ0n) is 11.8. The van der Waals surface area contributed by atoms with E-state index in [1.165, 1.54) is 0 Å². The van der Waals surface area contributed by atoms with Crippen molar-refractivity contribution < 1.29 is 9.59 Å². The lowest BCUT2D eigenvalue weighted by molar-refractivity contribution is -0.117. The van der Waals surface area contributed by atoms with Gasteiger partial charge in [0.05, 0.1) is 16.6 Å². The van der Waals surface area contributed by atoms with Crippen molar-refractivity contribution in [3.63, 3.8) is 0 Å². The van der Waals surface area contributed by atoms with Crippen LogP contribution in [0, 0.1) is 0 Å². The Labute approximate surface area is 133 Å². The fourth-order valence-electron chi connectivity index (χ4n) is 2.57. The van der Waals surface area contributed by atoms with E-state index < -0.39 is 0 Å². The lowest BCUT2D eigenvalue weighted by atomic mass is 10.2. The summed E-state index contributed by atoms with van der Waals surface area (Å²) in [6.07, 6.45) is 0.297. The van der Waals surface area contributed by atoms with Gasteiger partial charge in [-0.25, -0.2) is 0 Å². The molecule has 2 aromatic carbocycles. The average molecular weight is 315 g/mol. The van der Waals surface area contributed by atoms with Gasteiger partial charge in [0.25, 0.3) is 5.91 Å². The van der Waals surface area contributed by atoms with Gasteiger partial charge >= 0.3 is 0 Å². The van der Waals surface area contributed by atoms with E-state index in [-0.39, 0.29) is 17.9 Å². The van der Waals surface area contributed by atoms with Crippen molar-refractivity contribution in [1.82, 2.24) is 5.32 Å². The predicted octanol–water partition coefficient (Wildman–Crippen LogP) is 2.88. The van der Waals surface area contributed by atoms with Crippen molar-refractivity contribution >= 4 is 29.1 Å². The fraction of sp³-hybridized carbons (Fsp3) is 0.176. The molecule has 2 amide bonds. The smallest absolute Gasteiger partial charge is 0.253 e. The van der Waals surface area contributed by atoms with E-state index in [0.29, 0.717) is 23.6 Å². The molecule has 1 aliphatic rings. The maximum absolute atomic E-state index is 12.2. The molecule has 3 rings (SSSR count). The molecule has 0 unspecified atom stereocenters. The second-order valence-electron chi connectivity index (χ2n) is 5.19. The highest BCUT2D eigenvalue weighted by molar-refractivity contribution is 6.33. The number of para-hydroxylation sites is 1. The number of amides is 2. The van der Waals surface area contributed by atoms with E-state index in [2.05, 4.69) is 5.32 Å². The van der Waals surface area contributed by atoms with Crippen LogP contribution in [0.3, 0.4) is 0 Å². The van der Waals surface area contributed by atoms with E-state index in [1.54, 1.807) is 29.2 Å². The predicted molar refractivity (Wildman–Crippen MR) is 86.1 cm³/mol. The van der Waals surface area contributed by atoms with Crippen LogP contribution in [0.25, 0.3) is 0 Å². The summed E-state index contributed by atoms with van der Waals surface area (Å²) < 4.78 is 0. The highest BCUT2D eigenvalue weighted by Crippen LogP contribution is 2.22. The molecule has 0 spiro atoms. The van der Waals surface area contributed by atoms with Crippen LogP contribution in [0.5, 0.6) is 0 Å². The van der Waals surface area contributed by atoms with E-state index in [1.807, 2.05) is 30.3 Å². The summed E-state index contributed by atoms with van der Waals surface area (Å²) in [6.45, 7) is 0.471. The standard InChI is InChI=1S/C17H15ClN2O2/c18-15-9-5-4-8-14(15)17(22)19-12-10-16(21)20(11-12)13-6-2-1-3-7-13/h1-9,12H,10-11H2,(H,19,22)/t12-/m0/s1. The molecule has 0 saturated carbocycles. The second kappa shape index (κ2) is 6.20. The molecule has 1 saturated heterocycles. The largest absolute Gasteiger partial charge is 0.347 e. The SMILES string of the molecule is O=C(N[C@H]1CC(=O)N(c2ccccc2)C1)c1ccccc1Cl. The molecule has 1 heterocycles. The van der Waals surface area contributed by atoms with Crippen molar-refractivity contribution in [3.05, 3.63) is 65.2 Å². The highest BCUT2D eigenvalue weighted by atomic mass is 35.5.